The molecule has 0 N–H and O–H groups in total. The Hall–Kier alpha value is -5.03. The fourth-order valence-corrected chi connectivity index (χ4v) is 5.72. The minimum absolute atomic E-state index is 0.917. The lowest BCUT2D eigenvalue weighted by atomic mass is 10.1. The molecule has 4 aromatic heterocycles. The average molecular weight is 462 g/mol. The Balaban J connectivity index is 1.79. The predicted octanol–water partition coefficient (Wildman–Crippen LogP) is 7.22. The number of hydrogen-bond acceptors (Lipinski definition) is 3. The van der Waals surface area contributed by atoms with E-state index in [1.165, 1.54) is 0 Å². The van der Waals surface area contributed by atoms with Crippen LogP contribution < -0.4 is 0 Å². The van der Waals surface area contributed by atoms with Gasteiger partial charge in [0.05, 0.1) is 33.1 Å². The first-order chi connectivity index (χ1) is 17.9. The fourth-order valence-electron chi connectivity index (χ4n) is 5.72. The van der Waals surface area contributed by atoms with E-state index in [-0.39, 0.29) is 0 Å². The Kier molecular flexibility index (Phi) is 3.88. The summed E-state index contributed by atoms with van der Waals surface area (Å²) in [6, 6.07) is 31.8. The largest absolute Gasteiger partial charge is 0.307 e. The molecule has 0 atom stereocenters. The van der Waals surface area contributed by atoms with Gasteiger partial charge >= 0.3 is 0 Å². The molecular weight excluding hydrogens is 442 g/mol. The first-order valence-corrected chi connectivity index (χ1v) is 12.0. The van der Waals surface area contributed by atoms with Gasteiger partial charge in [-0.3, -0.25) is 15.0 Å². The van der Waals surface area contributed by atoms with Crippen LogP contribution in [0.2, 0.25) is 0 Å². The van der Waals surface area contributed by atoms with E-state index in [0.29, 0.717) is 0 Å². The minimum Gasteiger partial charge on any atom is -0.307 e. The third-order valence-corrected chi connectivity index (χ3v) is 7.08. The van der Waals surface area contributed by atoms with E-state index in [0.717, 1.165) is 66.0 Å². The van der Waals surface area contributed by atoms with Crippen molar-refractivity contribution in [2.45, 2.75) is 0 Å². The Morgan fingerprint density at radius 1 is 0.444 bits per heavy atom. The highest BCUT2D eigenvalue weighted by atomic mass is 15.1. The molecular formula is C31H19N5. The van der Waals surface area contributed by atoms with Gasteiger partial charge in [-0.05, 0) is 36.4 Å². The van der Waals surface area contributed by atoms with Crippen molar-refractivity contribution < 1.29 is 0 Å². The average Bonchev–Trinajstić information content (AvgIpc) is 3.48. The maximum Gasteiger partial charge on any atom is 0.0994 e. The van der Waals surface area contributed by atoms with Crippen molar-refractivity contribution in [2.75, 3.05) is 0 Å². The molecule has 0 aliphatic heterocycles. The van der Waals surface area contributed by atoms with Gasteiger partial charge in [0.15, 0.2) is 0 Å². The molecule has 4 aromatic carbocycles. The molecule has 168 valence electrons. The zero-order valence-electron chi connectivity index (χ0n) is 19.2. The van der Waals surface area contributed by atoms with Gasteiger partial charge in [-0.15, -0.1) is 0 Å². The molecule has 0 radical (unpaired) electrons. The molecule has 0 saturated heterocycles. The van der Waals surface area contributed by atoms with Crippen molar-refractivity contribution in [3.63, 3.8) is 0 Å². The first-order valence-electron chi connectivity index (χ1n) is 12.0. The second-order valence-electron chi connectivity index (χ2n) is 8.95. The summed E-state index contributed by atoms with van der Waals surface area (Å²) in [4.78, 5) is 14.1. The number of pyridine rings is 1. The fraction of sp³-hybridized carbons (Fsp3) is 0. The van der Waals surface area contributed by atoms with Crippen molar-refractivity contribution in [2.24, 2.45) is 0 Å². The summed E-state index contributed by atoms with van der Waals surface area (Å²) in [5.74, 6) is 0. The van der Waals surface area contributed by atoms with Crippen molar-refractivity contribution in [3.05, 3.63) is 116 Å². The lowest BCUT2D eigenvalue weighted by Crippen LogP contribution is -1.99. The summed E-state index contributed by atoms with van der Waals surface area (Å²) in [6.45, 7) is 0. The van der Waals surface area contributed by atoms with E-state index in [9.17, 15) is 0 Å². The lowest BCUT2D eigenvalue weighted by molar-refractivity contribution is 1.14. The standard InChI is InChI=1S/C31H19N5/c1-2-8-20(9-3-1)35-24-12-6-4-10-22(24)26-28-29(34-19-18-33-28)27-23-11-5-7-13-25(23)36(31(27)30(26)35)21-14-16-32-17-15-21/h1-19H. The van der Waals surface area contributed by atoms with Crippen LogP contribution in [0.25, 0.3) is 66.0 Å². The molecule has 0 aliphatic rings. The van der Waals surface area contributed by atoms with Gasteiger partial charge in [0.2, 0.25) is 0 Å². The Morgan fingerprint density at radius 3 is 1.47 bits per heavy atom. The molecule has 0 aliphatic carbocycles. The molecule has 0 fully saturated rings. The molecule has 0 bridgehead atoms. The van der Waals surface area contributed by atoms with Crippen LogP contribution in [0.3, 0.4) is 0 Å². The smallest absolute Gasteiger partial charge is 0.0994 e. The second kappa shape index (κ2) is 7.23. The predicted molar refractivity (Wildman–Crippen MR) is 146 cm³/mol. The Labute approximate surface area is 205 Å². The van der Waals surface area contributed by atoms with Crippen LogP contribution >= 0.6 is 0 Å². The second-order valence-corrected chi connectivity index (χ2v) is 8.95. The monoisotopic (exact) mass is 461 g/mol. The van der Waals surface area contributed by atoms with E-state index < -0.39 is 0 Å². The number of rotatable bonds is 2. The van der Waals surface area contributed by atoms with Crippen LogP contribution in [0, 0.1) is 0 Å². The van der Waals surface area contributed by atoms with Crippen LogP contribution in [0.5, 0.6) is 0 Å². The van der Waals surface area contributed by atoms with Crippen molar-refractivity contribution in [1.82, 2.24) is 24.1 Å². The van der Waals surface area contributed by atoms with Crippen LogP contribution in [0.4, 0.5) is 0 Å². The molecule has 0 spiro atoms. The van der Waals surface area contributed by atoms with Gasteiger partial charge in [0.1, 0.15) is 0 Å². The molecule has 4 heterocycles. The summed E-state index contributed by atoms with van der Waals surface area (Å²) >= 11 is 0. The summed E-state index contributed by atoms with van der Waals surface area (Å²) < 4.78 is 4.72. The lowest BCUT2D eigenvalue weighted by Gasteiger charge is -2.13. The maximum absolute atomic E-state index is 4.91. The van der Waals surface area contributed by atoms with Gasteiger partial charge in [-0.2, -0.15) is 0 Å². The molecule has 8 aromatic rings. The third-order valence-electron chi connectivity index (χ3n) is 7.08. The van der Waals surface area contributed by atoms with Crippen LogP contribution in [-0.4, -0.2) is 24.1 Å². The topological polar surface area (TPSA) is 48.5 Å². The summed E-state index contributed by atoms with van der Waals surface area (Å²) in [6.07, 6.45) is 7.29. The normalized spacial score (nSPS) is 11.9. The number of aromatic nitrogens is 5. The molecule has 0 amide bonds. The number of hydrogen-bond donors (Lipinski definition) is 0. The molecule has 0 saturated carbocycles. The van der Waals surface area contributed by atoms with Gasteiger partial charge < -0.3 is 9.13 Å². The third kappa shape index (κ3) is 2.46. The van der Waals surface area contributed by atoms with Crippen LogP contribution in [0.15, 0.2) is 116 Å². The Bertz CT molecular complexity index is 1930. The van der Waals surface area contributed by atoms with Gasteiger partial charge in [0, 0.05) is 57.7 Å². The number of para-hydroxylation sites is 3. The van der Waals surface area contributed by atoms with Crippen molar-refractivity contribution in [3.8, 4) is 11.4 Å². The molecule has 36 heavy (non-hydrogen) atoms. The van der Waals surface area contributed by atoms with E-state index in [1.54, 1.807) is 12.4 Å². The number of benzene rings is 4. The van der Waals surface area contributed by atoms with E-state index in [2.05, 4.69) is 105 Å². The SMILES string of the molecule is c1ccc(-n2c3ccccc3c3c4nccnc4c4c5ccccc5n(-c5ccncc5)c4c32)cc1. The summed E-state index contributed by atoms with van der Waals surface area (Å²) in [5.41, 5.74) is 8.52. The zero-order valence-corrected chi connectivity index (χ0v) is 19.2. The highest BCUT2D eigenvalue weighted by molar-refractivity contribution is 6.34. The quantitative estimate of drug-likeness (QED) is 0.273. The van der Waals surface area contributed by atoms with Crippen molar-refractivity contribution in [1.29, 1.82) is 0 Å². The minimum atomic E-state index is 0.917. The maximum atomic E-state index is 4.91. The van der Waals surface area contributed by atoms with E-state index >= 15 is 0 Å². The number of fused-ring (bicyclic) bond motifs is 10. The first kappa shape index (κ1) is 19.3. The zero-order chi connectivity index (χ0) is 23.6. The number of nitrogens with zero attached hydrogens (tertiary/aromatic N) is 5. The summed E-state index contributed by atoms with van der Waals surface area (Å²) in [5, 5.41) is 4.54. The molecule has 0 unspecified atom stereocenters. The van der Waals surface area contributed by atoms with Crippen molar-refractivity contribution >= 4 is 54.6 Å². The molecule has 5 nitrogen and oxygen atoms in total. The Morgan fingerprint density at radius 2 is 0.917 bits per heavy atom. The van der Waals surface area contributed by atoms with Gasteiger partial charge in [-0.1, -0.05) is 54.6 Å². The van der Waals surface area contributed by atoms with E-state index in [4.69, 9.17) is 9.97 Å². The highest BCUT2D eigenvalue weighted by Crippen LogP contribution is 2.45. The summed E-state index contributed by atoms with van der Waals surface area (Å²) in [7, 11) is 0. The van der Waals surface area contributed by atoms with Crippen LogP contribution in [-0.2, 0) is 0 Å². The molecule has 5 heteroatoms. The van der Waals surface area contributed by atoms with E-state index in [1.807, 2.05) is 12.4 Å². The van der Waals surface area contributed by atoms with Crippen LogP contribution in [0.1, 0.15) is 0 Å². The highest BCUT2D eigenvalue weighted by Gasteiger charge is 2.25. The van der Waals surface area contributed by atoms with Gasteiger partial charge in [0.25, 0.3) is 0 Å². The molecule has 8 rings (SSSR count). The van der Waals surface area contributed by atoms with Gasteiger partial charge in [-0.25, -0.2) is 0 Å².